The highest BCUT2D eigenvalue weighted by Gasteiger charge is 2.17. The molecule has 2 aromatic rings. The quantitative estimate of drug-likeness (QED) is 0.753. The van der Waals surface area contributed by atoms with Crippen molar-refractivity contribution in [2.24, 2.45) is 0 Å². The molecule has 5 nitrogen and oxygen atoms in total. The summed E-state index contributed by atoms with van der Waals surface area (Å²) in [6.07, 6.45) is 1.62. The lowest BCUT2D eigenvalue weighted by molar-refractivity contribution is 0.0617. The third-order valence-corrected chi connectivity index (χ3v) is 2.09. The molecule has 0 radical (unpaired) electrons. The maximum atomic E-state index is 11.6. The molecule has 5 heteroatoms. The molecule has 0 amide bonds. The number of hydrogen-bond donors (Lipinski definition) is 2. The predicted molar refractivity (Wildman–Crippen MR) is 56.7 cm³/mol. The topological polar surface area (TPSA) is 70.9 Å². The average molecular weight is 207 g/mol. The summed E-state index contributed by atoms with van der Waals surface area (Å²) in [6, 6.07) is 3.56. The van der Waals surface area contributed by atoms with Crippen LogP contribution in [-0.2, 0) is 6.54 Å². The molecule has 0 bridgehead atoms. The summed E-state index contributed by atoms with van der Waals surface area (Å²) in [5, 5.41) is 9.68. The summed E-state index contributed by atoms with van der Waals surface area (Å²) < 4.78 is 1.49. The van der Waals surface area contributed by atoms with Crippen LogP contribution in [0.1, 0.15) is 13.8 Å². The fraction of sp³-hybridized carbons (Fsp3) is 0.400. The minimum atomic E-state index is -0.922. The fourth-order valence-corrected chi connectivity index (χ4v) is 1.53. The van der Waals surface area contributed by atoms with Crippen LogP contribution < -0.4 is 5.69 Å². The van der Waals surface area contributed by atoms with Crippen molar-refractivity contribution in [3.05, 3.63) is 28.8 Å². The smallest absolute Gasteiger partial charge is 0.327 e. The molecule has 0 unspecified atom stereocenters. The van der Waals surface area contributed by atoms with Crippen molar-refractivity contribution in [3.63, 3.8) is 0 Å². The Kier molecular flexibility index (Phi) is 2.12. The molecule has 2 heterocycles. The number of aromatic amines is 1. The molecule has 0 fully saturated rings. The first kappa shape index (κ1) is 9.92. The monoisotopic (exact) mass is 207 g/mol. The van der Waals surface area contributed by atoms with Crippen molar-refractivity contribution in [3.8, 4) is 0 Å². The number of nitrogens with zero attached hydrogens (tertiary/aromatic N) is 2. The fourth-order valence-electron chi connectivity index (χ4n) is 1.53. The number of pyridine rings is 1. The molecular weight excluding hydrogens is 194 g/mol. The minimum absolute atomic E-state index is 0.245. The van der Waals surface area contributed by atoms with Crippen molar-refractivity contribution in [1.29, 1.82) is 0 Å². The molecule has 0 aliphatic rings. The van der Waals surface area contributed by atoms with Gasteiger partial charge in [-0.1, -0.05) is 0 Å². The van der Waals surface area contributed by atoms with Gasteiger partial charge in [0.2, 0.25) is 0 Å². The molecule has 0 saturated carbocycles. The van der Waals surface area contributed by atoms with Crippen LogP contribution in [0.3, 0.4) is 0 Å². The predicted octanol–water partition coefficient (Wildman–Crippen LogP) is 0.495. The van der Waals surface area contributed by atoms with Gasteiger partial charge in [0.25, 0.3) is 0 Å². The minimum Gasteiger partial charge on any atom is -0.389 e. The van der Waals surface area contributed by atoms with E-state index in [9.17, 15) is 9.90 Å². The van der Waals surface area contributed by atoms with Gasteiger partial charge in [-0.05, 0) is 26.0 Å². The number of fused-ring (bicyclic) bond motifs is 1. The van der Waals surface area contributed by atoms with Gasteiger partial charge < -0.3 is 5.11 Å². The molecule has 0 atom stereocenters. The Hall–Kier alpha value is -1.62. The van der Waals surface area contributed by atoms with E-state index in [2.05, 4.69) is 9.97 Å². The van der Waals surface area contributed by atoms with E-state index >= 15 is 0 Å². The van der Waals surface area contributed by atoms with Crippen LogP contribution in [-0.4, -0.2) is 25.2 Å². The second-order valence-corrected chi connectivity index (χ2v) is 4.20. The molecule has 0 aliphatic heterocycles. The van der Waals surface area contributed by atoms with Gasteiger partial charge in [-0.15, -0.1) is 0 Å². The number of nitrogens with one attached hydrogen (secondary N) is 1. The van der Waals surface area contributed by atoms with Gasteiger partial charge >= 0.3 is 5.69 Å². The standard InChI is InChI=1S/C10H13N3O2/c1-10(2,15)6-13-7-4-3-5-11-8(7)12-9(13)14/h3-5,15H,6H2,1-2H3,(H,11,12,14). The van der Waals surface area contributed by atoms with Gasteiger partial charge in [0.15, 0.2) is 5.65 Å². The van der Waals surface area contributed by atoms with Crippen LogP contribution in [0.4, 0.5) is 0 Å². The van der Waals surface area contributed by atoms with Gasteiger partial charge in [0.05, 0.1) is 17.7 Å². The largest absolute Gasteiger partial charge is 0.389 e. The summed E-state index contributed by atoms with van der Waals surface area (Å²) >= 11 is 0. The highest BCUT2D eigenvalue weighted by molar-refractivity contribution is 5.70. The molecule has 2 N–H and O–H groups in total. The van der Waals surface area contributed by atoms with Gasteiger partial charge in [-0.3, -0.25) is 9.55 Å². The van der Waals surface area contributed by atoms with Crippen LogP contribution in [0.25, 0.3) is 11.2 Å². The van der Waals surface area contributed by atoms with E-state index in [0.717, 1.165) is 0 Å². The van der Waals surface area contributed by atoms with E-state index in [1.165, 1.54) is 4.57 Å². The number of aromatic nitrogens is 3. The van der Waals surface area contributed by atoms with Crippen molar-refractivity contribution >= 4 is 11.2 Å². The Morgan fingerprint density at radius 2 is 2.33 bits per heavy atom. The van der Waals surface area contributed by atoms with Crippen LogP contribution in [0.2, 0.25) is 0 Å². The van der Waals surface area contributed by atoms with Crippen molar-refractivity contribution in [2.75, 3.05) is 0 Å². The van der Waals surface area contributed by atoms with Gasteiger partial charge in [-0.25, -0.2) is 9.78 Å². The van der Waals surface area contributed by atoms with E-state index in [-0.39, 0.29) is 12.2 Å². The Bertz CT molecular complexity index is 533. The Morgan fingerprint density at radius 3 is 3.00 bits per heavy atom. The summed E-state index contributed by atoms with van der Waals surface area (Å²) in [6.45, 7) is 3.57. The summed E-state index contributed by atoms with van der Waals surface area (Å²) in [7, 11) is 0. The molecular formula is C10H13N3O2. The highest BCUT2D eigenvalue weighted by atomic mass is 16.3. The van der Waals surface area contributed by atoms with Crippen molar-refractivity contribution in [2.45, 2.75) is 26.0 Å². The van der Waals surface area contributed by atoms with Crippen molar-refractivity contribution < 1.29 is 5.11 Å². The Morgan fingerprint density at radius 1 is 1.60 bits per heavy atom. The average Bonchev–Trinajstić information content (AvgIpc) is 2.41. The van der Waals surface area contributed by atoms with E-state index in [4.69, 9.17) is 0 Å². The Labute approximate surface area is 86.4 Å². The maximum absolute atomic E-state index is 11.6. The van der Waals surface area contributed by atoms with Gasteiger partial charge in [-0.2, -0.15) is 0 Å². The number of rotatable bonds is 2. The lowest BCUT2D eigenvalue weighted by atomic mass is 10.1. The van der Waals surface area contributed by atoms with Crippen LogP contribution in [0.15, 0.2) is 23.1 Å². The molecule has 15 heavy (non-hydrogen) atoms. The lowest BCUT2D eigenvalue weighted by Crippen LogP contribution is -2.31. The van der Waals surface area contributed by atoms with E-state index in [1.54, 1.807) is 32.2 Å². The number of hydrogen-bond acceptors (Lipinski definition) is 3. The maximum Gasteiger partial charge on any atom is 0.327 e. The molecule has 0 saturated heterocycles. The normalized spacial score (nSPS) is 12.2. The SMILES string of the molecule is CC(C)(O)Cn1c(=O)[nH]c2ncccc21. The highest BCUT2D eigenvalue weighted by Crippen LogP contribution is 2.10. The third kappa shape index (κ3) is 1.92. The zero-order chi connectivity index (χ0) is 11.1. The first-order valence-corrected chi connectivity index (χ1v) is 4.73. The summed E-state index contributed by atoms with van der Waals surface area (Å²) in [5.41, 5.74) is 0.0941. The van der Waals surface area contributed by atoms with E-state index in [1.807, 2.05) is 0 Å². The zero-order valence-electron chi connectivity index (χ0n) is 8.69. The number of aliphatic hydroxyl groups is 1. The molecule has 0 spiro atoms. The molecule has 2 rings (SSSR count). The molecule has 80 valence electrons. The van der Waals surface area contributed by atoms with E-state index in [0.29, 0.717) is 11.2 Å². The van der Waals surface area contributed by atoms with Crippen molar-refractivity contribution in [1.82, 2.24) is 14.5 Å². The van der Waals surface area contributed by atoms with Crippen LogP contribution in [0, 0.1) is 0 Å². The second-order valence-electron chi connectivity index (χ2n) is 4.20. The van der Waals surface area contributed by atoms with Crippen LogP contribution >= 0.6 is 0 Å². The zero-order valence-corrected chi connectivity index (χ0v) is 8.69. The second kappa shape index (κ2) is 3.20. The van der Waals surface area contributed by atoms with Crippen LogP contribution in [0.5, 0.6) is 0 Å². The summed E-state index contributed by atoms with van der Waals surface area (Å²) in [5.74, 6) is 0. The number of imidazole rings is 1. The first-order valence-electron chi connectivity index (χ1n) is 4.73. The molecule has 0 aliphatic carbocycles. The molecule has 0 aromatic carbocycles. The first-order chi connectivity index (χ1) is 6.97. The van der Waals surface area contributed by atoms with Gasteiger partial charge in [0, 0.05) is 6.20 Å². The third-order valence-electron chi connectivity index (χ3n) is 2.09. The summed E-state index contributed by atoms with van der Waals surface area (Å²) in [4.78, 5) is 18.2. The van der Waals surface area contributed by atoms with E-state index < -0.39 is 5.60 Å². The molecule has 2 aromatic heterocycles. The number of H-pyrrole nitrogens is 1. The van der Waals surface area contributed by atoms with Gasteiger partial charge in [0.1, 0.15) is 0 Å². The Balaban J connectivity index is 2.60. The lowest BCUT2D eigenvalue weighted by Gasteiger charge is -2.17.